The van der Waals surface area contributed by atoms with E-state index in [1.165, 1.54) is 0 Å². The number of carboxylic acid groups (broad SMARTS) is 1. The van der Waals surface area contributed by atoms with Crippen LogP contribution in [-0.2, 0) is 11.8 Å². The summed E-state index contributed by atoms with van der Waals surface area (Å²) >= 11 is 0. The summed E-state index contributed by atoms with van der Waals surface area (Å²) in [5.74, 6) is -0.532. The Bertz CT molecular complexity index is 469. The maximum absolute atomic E-state index is 10.5. The molecule has 0 aliphatic heterocycles. The minimum atomic E-state index is -0.962. The van der Waals surface area contributed by atoms with Gasteiger partial charge >= 0.3 is 5.97 Å². The van der Waals surface area contributed by atoms with E-state index in [0.717, 1.165) is 12.8 Å². The molecule has 0 fully saturated rings. The number of unbranched alkanes of at least 4 members (excludes halogenated alkanes) is 1. The summed E-state index contributed by atoms with van der Waals surface area (Å²) in [5.41, 5.74) is 11.5. The van der Waals surface area contributed by atoms with Crippen molar-refractivity contribution in [1.29, 1.82) is 0 Å². The normalized spacial score (nSPS) is 13.6. The molecule has 0 spiro atoms. The van der Waals surface area contributed by atoms with Crippen molar-refractivity contribution in [2.45, 2.75) is 25.3 Å². The Kier molecular flexibility index (Phi) is 5.31. The second-order valence-corrected chi connectivity index (χ2v) is 4.09. The van der Waals surface area contributed by atoms with Crippen molar-refractivity contribution < 1.29 is 9.90 Å². The molecule has 0 radical (unpaired) electrons. The molecule has 0 aliphatic rings. The molecule has 1 heterocycles. The number of rotatable bonds is 6. The summed E-state index contributed by atoms with van der Waals surface area (Å²) in [5, 5.41) is 8.61. The van der Waals surface area contributed by atoms with Crippen LogP contribution in [0.4, 0.5) is 5.82 Å². The summed E-state index contributed by atoms with van der Waals surface area (Å²) in [7, 11) is 1.84. The number of hydrogen-bond donors (Lipinski definition) is 3. The standard InChI is InChI=1S/C11H19N5O2/c1-16-7-5-9(13)15-11(16)14-6-3-2-4-8(12)10(17)18/h5,7-8H,2-4,6,12H2,1H3,(H,17,18)(H2,13,14,15). The maximum Gasteiger partial charge on any atom is 0.320 e. The van der Waals surface area contributed by atoms with Crippen molar-refractivity contribution in [2.24, 2.45) is 17.8 Å². The molecule has 0 bridgehead atoms. The van der Waals surface area contributed by atoms with Crippen LogP contribution in [0.2, 0.25) is 0 Å². The molecule has 7 nitrogen and oxygen atoms in total. The van der Waals surface area contributed by atoms with Gasteiger partial charge in [-0.25, -0.2) is 0 Å². The van der Waals surface area contributed by atoms with Crippen LogP contribution in [0.25, 0.3) is 0 Å². The number of aryl methyl sites for hydroxylation is 1. The molecule has 5 N–H and O–H groups in total. The fourth-order valence-electron chi connectivity index (χ4n) is 1.41. The zero-order valence-electron chi connectivity index (χ0n) is 10.4. The van der Waals surface area contributed by atoms with Gasteiger partial charge < -0.3 is 21.1 Å². The van der Waals surface area contributed by atoms with Gasteiger partial charge in [0.15, 0.2) is 0 Å². The first-order valence-electron chi connectivity index (χ1n) is 5.78. The second-order valence-electron chi connectivity index (χ2n) is 4.09. The molecule has 100 valence electrons. The molecule has 1 aromatic rings. The summed E-state index contributed by atoms with van der Waals surface area (Å²) in [6, 6.07) is 0.914. The number of nitrogens with two attached hydrogens (primary N) is 2. The number of anilines is 1. The Morgan fingerprint density at radius 1 is 1.61 bits per heavy atom. The van der Waals surface area contributed by atoms with Gasteiger partial charge in [0.2, 0.25) is 5.62 Å². The Morgan fingerprint density at radius 3 is 3.00 bits per heavy atom. The third kappa shape index (κ3) is 4.54. The lowest BCUT2D eigenvalue weighted by Crippen LogP contribution is -2.29. The van der Waals surface area contributed by atoms with Gasteiger partial charge in [0.25, 0.3) is 0 Å². The van der Waals surface area contributed by atoms with Crippen LogP contribution < -0.4 is 17.1 Å². The van der Waals surface area contributed by atoms with E-state index in [9.17, 15) is 4.79 Å². The third-order valence-electron chi connectivity index (χ3n) is 2.51. The van der Waals surface area contributed by atoms with Crippen molar-refractivity contribution in [1.82, 2.24) is 9.55 Å². The van der Waals surface area contributed by atoms with Gasteiger partial charge in [-0.05, 0) is 25.3 Å². The molecule has 0 saturated heterocycles. The van der Waals surface area contributed by atoms with Crippen LogP contribution in [0.1, 0.15) is 19.3 Å². The van der Waals surface area contributed by atoms with E-state index < -0.39 is 12.0 Å². The number of carboxylic acids is 1. The van der Waals surface area contributed by atoms with Gasteiger partial charge in [-0.3, -0.25) is 9.79 Å². The molecule has 1 aromatic heterocycles. The molecule has 18 heavy (non-hydrogen) atoms. The molecule has 0 amide bonds. The Morgan fingerprint density at radius 2 is 2.33 bits per heavy atom. The van der Waals surface area contributed by atoms with Gasteiger partial charge in [-0.1, -0.05) is 0 Å². The Labute approximate surface area is 105 Å². The minimum Gasteiger partial charge on any atom is -0.480 e. The van der Waals surface area contributed by atoms with Crippen molar-refractivity contribution in [2.75, 3.05) is 12.3 Å². The number of nitrogen functional groups attached to an aromatic ring is 1. The maximum atomic E-state index is 10.5. The Hall–Kier alpha value is -1.89. The van der Waals surface area contributed by atoms with E-state index in [2.05, 4.69) is 9.98 Å². The van der Waals surface area contributed by atoms with Gasteiger partial charge in [0.05, 0.1) is 0 Å². The Balaban J connectivity index is 2.41. The monoisotopic (exact) mass is 253 g/mol. The van der Waals surface area contributed by atoms with Crippen molar-refractivity contribution in [3.63, 3.8) is 0 Å². The van der Waals surface area contributed by atoms with Gasteiger partial charge in [-0.2, -0.15) is 4.98 Å². The zero-order chi connectivity index (χ0) is 13.5. The molecular formula is C11H19N5O2. The summed E-state index contributed by atoms with van der Waals surface area (Å²) in [4.78, 5) is 18.9. The molecule has 7 heteroatoms. The summed E-state index contributed by atoms with van der Waals surface area (Å²) < 4.78 is 1.78. The van der Waals surface area contributed by atoms with Crippen molar-refractivity contribution in [3.05, 3.63) is 17.9 Å². The molecule has 1 atom stereocenters. The SMILES string of the molecule is Cn1ccc(N)nc1=NCCCCC(N)C(=O)O. The van der Waals surface area contributed by atoms with E-state index in [-0.39, 0.29) is 0 Å². The molecule has 0 saturated carbocycles. The largest absolute Gasteiger partial charge is 0.480 e. The predicted molar refractivity (Wildman–Crippen MR) is 67.5 cm³/mol. The van der Waals surface area contributed by atoms with Crippen LogP contribution in [-0.4, -0.2) is 33.2 Å². The van der Waals surface area contributed by atoms with Crippen LogP contribution >= 0.6 is 0 Å². The summed E-state index contributed by atoms with van der Waals surface area (Å²) in [6.45, 7) is 0.580. The quantitative estimate of drug-likeness (QED) is 0.589. The highest BCUT2D eigenvalue weighted by Gasteiger charge is 2.09. The minimum absolute atomic E-state index is 0.430. The molecule has 1 unspecified atom stereocenters. The highest BCUT2D eigenvalue weighted by Crippen LogP contribution is 1.99. The molecule has 1 rings (SSSR count). The smallest absolute Gasteiger partial charge is 0.320 e. The van der Waals surface area contributed by atoms with Crippen LogP contribution in [0.15, 0.2) is 17.3 Å². The second kappa shape index (κ2) is 6.75. The average Bonchev–Trinajstić information content (AvgIpc) is 2.32. The first-order chi connectivity index (χ1) is 8.50. The number of carbonyl (C=O) groups is 1. The summed E-state index contributed by atoms with van der Waals surface area (Å²) in [6.07, 6.45) is 3.75. The third-order valence-corrected chi connectivity index (χ3v) is 2.51. The van der Waals surface area contributed by atoms with Gasteiger partial charge in [0, 0.05) is 19.8 Å². The number of nitrogens with zero attached hydrogens (tertiary/aromatic N) is 3. The van der Waals surface area contributed by atoms with Crippen molar-refractivity contribution in [3.8, 4) is 0 Å². The highest BCUT2D eigenvalue weighted by molar-refractivity contribution is 5.72. The van der Waals surface area contributed by atoms with Gasteiger partial charge in [-0.15, -0.1) is 0 Å². The topological polar surface area (TPSA) is 120 Å². The zero-order valence-corrected chi connectivity index (χ0v) is 10.4. The van der Waals surface area contributed by atoms with E-state index in [4.69, 9.17) is 16.6 Å². The first kappa shape index (κ1) is 14.2. The lowest BCUT2D eigenvalue weighted by molar-refractivity contribution is -0.138. The number of aliphatic carboxylic acids is 1. The predicted octanol–water partition coefficient (Wildman–Crippen LogP) is -0.515. The van der Waals surface area contributed by atoms with E-state index in [0.29, 0.717) is 24.4 Å². The van der Waals surface area contributed by atoms with E-state index >= 15 is 0 Å². The fourth-order valence-corrected chi connectivity index (χ4v) is 1.41. The lowest BCUT2D eigenvalue weighted by Gasteiger charge is -2.04. The van der Waals surface area contributed by atoms with E-state index in [1.807, 2.05) is 7.05 Å². The van der Waals surface area contributed by atoms with Crippen molar-refractivity contribution >= 4 is 11.8 Å². The molecule has 0 aliphatic carbocycles. The first-order valence-corrected chi connectivity index (χ1v) is 5.78. The molecular weight excluding hydrogens is 234 g/mol. The lowest BCUT2D eigenvalue weighted by atomic mass is 10.1. The van der Waals surface area contributed by atoms with E-state index in [1.54, 1.807) is 16.8 Å². The van der Waals surface area contributed by atoms with Crippen LogP contribution in [0.3, 0.4) is 0 Å². The number of hydrogen-bond acceptors (Lipinski definition) is 5. The van der Waals surface area contributed by atoms with Crippen LogP contribution in [0.5, 0.6) is 0 Å². The average molecular weight is 253 g/mol. The number of aromatic nitrogens is 2. The molecule has 0 aromatic carbocycles. The fraction of sp³-hybridized carbons (Fsp3) is 0.545. The van der Waals surface area contributed by atoms with Crippen LogP contribution in [0, 0.1) is 0 Å². The van der Waals surface area contributed by atoms with Gasteiger partial charge in [0.1, 0.15) is 11.9 Å². The highest BCUT2D eigenvalue weighted by atomic mass is 16.4.